The number of nitro benzene ring substituents is 2. The summed E-state index contributed by atoms with van der Waals surface area (Å²) < 4.78 is 0. The minimum absolute atomic E-state index is 0.0825. The van der Waals surface area contributed by atoms with Crippen LogP contribution in [0, 0.1) is 20.2 Å². The molecule has 0 atom stereocenters. The van der Waals surface area contributed by atoms with Crippen molar-refractivity contribution in [3.63, 3.8) is 0 Å². The van der Waals surface area contributed by atoms with Gasteiger partial charge in [-0.25, -0.2) is 0 Å². The normalized spacial score (nSPS) is 13.0. The van der Waals surface area contributed by atoms with Crippen molar-refractivity contribution in [3.05, 3.63) is 67.8 Å². The Hall–Kier alpha value is -2.76. The highest BCUT2D eigenvalue weighted by Crippen LogP contribution is 2.35. The minimum atomic E-state index is -0.401. The van der Waals surface area contributed by atoms with Gasteiger partial charge in [0.1, 0.15) is 0 Å². The maximum absolute atomic E-state index is 10.9. The van der Waals surface area contributed by atoms with Gasteiger partial charge in [-0.2, -0.15) is 0 Å². The van der Waals surface area contributed by atoms with Crippen LogP contribution in [0.5, 0.6) is 0 Å². The van der Waals surface area contributed by atoms with Gasteiger partial charge in [-0.3, -0.25) is 20.2 Å². The van der Waals surface area contributed by atoms with Crippen molar-refractivity contribution in [3.8, 4) is 11.1 Å². The molecule has 106 valence electrons. The first kappa shape index (κ1) is 13.2. The van der Waals surface area contributed by atoms with Gasteiger partial charge in [0.2, 0.25) is 0 Å². The monoisotopic (exact) mass is 284 g/mol. The molecule has 0 saturated carbocycles. The molecule has 0 aromatic heterocycles. The first-order valence-electron chi connectivity index (χ1n) is 6.61. The molecule has 0 unspecified atom stereocenters. The van der Waals surface area contributed by atoms with E-state index in [0.717, 1.165) is 41.5 Å². The van der Waals surface area contributed by atoms with Gasteiger partial charge in [-0.1, -0.05) is 0 Å². The van der Waals surface area contributed by atoms with Crippen LogP contribution < -0.4 is 0 Å². The van der Waals surface area contributed by atoms with E-state index in [1.165, 1.54) is 12.1 Å². The van der Waals surface area contributed by atoms with Crippen LogP contribution in [-0.4, -0.2) is 9.85 Å². The minimum Gasteiger partial charge on any atom is -0.258 e. The van der Waals surface area contributed by atoms with Crippen LogP contribution in [-0.2, 0) is 12.8 Å². The lowest BCUT2D eigenvalue weighted by Crippen LogP contribution is -1.94. The Kier molecular flexibility index (Phi) is 3.13. The fourth-order valence-electron chi connectivity index (χ4n) is 2.80. The second-order valence-corrected chi connectivity index (χ2v) is 5.05. The van der Waals surface area contributed by atoms with Crippen LogP contribution in [0.25, 0.3) is 11.1 Å². The van der Waals surface area contributed by atoms with Gasteiger partial charge in [-0.15, -0.1) is 0 Å². The molecule has 0 amide bonds. The third kappa shape index (κ3) is 2.35. The zero-order valence-corrected chi connectivity index (χ0v) is 11.1. The highest BCUT2D eigenvalue weighted by molar-refractivity contribution is 5.74. The Bertz CT molecular complexity index is 692. The van der Waals surface area contributed by atoms with E-state index in [1.807, 2.05) is 0 Å². The summed E-state index contributed by atoms with van der Waals surface area (Å²) in [5, 5.41) is 21.7. The third-order valence-corrected chi connectivity index (χ3v) is 3.78. The predicted molar refractivity (Wildman–Crippen MR) is 77.2 cm³/mol. The van der Waals surface area contributed by atoms with E-state index in [2.05, 4.69) is 0 Å². The van der Waals surface area contributed by atoms with Crippen LogP contribution >= 0.6 is 0 Å². The summed E-state index contributed by atoms with van der Waals surface area (Å²) in [6, 6.07) is 9.65. The van der Waals surface area contributed by atoms with Gasteiger partial charge < -0.3 is 0 Å². The highest BCUT2D eigenvalue weighted by Gasteiger charge is 2.19. The fraction of sp³-hybridized carbons (Fsp3) is 0.200. The Morgan fingerprint density at radius 1 is 0.762 bits per heavy atom. The lowest BCUT2D eigenvalue weighted by Gasteiger charge is -2.09. The standard InChI is InChI=1S/C15H12N2O4/c18-16(19)12-4-6-14-10(8-12)2-1-3-11-9-13(17(20)21)5-7-15(11)14/h4-9H,1-3H2. The van der Waals surface area contributed by atoms with Gasteiger partial charge in [0.15, 0.2) is 0 Å². The zero-order chi connectivity index (χ0) is 15.0. The number of hydrogen-bond acceptors (Lipinski definition) is 4. The molecule has 0 bridgehead atoms. The van der Waals surface area contributed by atoms with Crippen molar-refractivity contribution >= 4 is 11.4 Å². The van der Waals surface area contributed by atoms with Crippen LogP contribution in [0.3, 0.4) is 0 Å². The topological polar surface area (TPSA) is 86.3 Å². The first-order chi connectivity index (χ1) is 10.1. The molecule has 6 nitrogen and oxygen atoms in total. The number of nitrogens with zero attached hydrogens (tertiary/aromatic N) is 2. The molecule has 2 aromatic rings. The molecule has 2 aromatic carbocycles. The SMILES string of the molecule is O=[N+]([O-])c1ccc2c(c1)CCCc1cc([N+](=O)[O-])ccc1-2. The quantitative estimate of drug-likeness (QED) is 0.622. The number of fused-ring (bicyclic) bond motifs is 3. The first-order valence-corrected chi connectivity index (χ1v) is 6.61. The van der Waals surface area contributed by atoms with E-state index in [0.29, 0.717) is 0 Å². The lowest BCUT2D eigenvalue weighted by atomic mass is 9.96. The molecule has 0 aliphatic heterocycles. The van der Waals surface area contributed by atoms with Gasteiger partial charge >= 0.3 is 0 Å². The number of rotatable bonds is 2. The summed E-state index contributed by atoms with van der Waals surface area (Å²) >= 11 is 0. The Morgan fingerprint density at radius 2 is 1.19 bits per heavy atom. The average Bonchev–Trinajstić information content (AvgIpc) is 2.64. The van der Waals surface area contributed by atoms with E-state index in [-0.39, 0.29) is 11.4 Å². The molecular formula is C15H12N2O4. The summed E-state index contributed by atoms with van der Waals surface area (Å²) in [6.45, 7) is 0. The van der Waals surface area contributed by atoms with E-state index in [1.54, 1.807) is 24.3 Å². The molecular weight excluding hydrogens is 272 g/mol. The van der Waals surface area contributed by atoms with Crippen molar-refractivity contribution in [1.82, 2.24) is 0 Å². The summed E-state index contributed by atoms with van der Waals surface area (Å²) in [5.41, 5.74) is 3.89. The van der Waals surface area contributed by atoms with Crippen molar-refractivity contribution in [2.75, 3.05) is 0 Å². The molecule has 1 aliphatic rings. The Labute approximate surface area is 120 Å². The summed E-state index contributed by atoms with van der Waals surface area (Å²) in [4.78, 5) is 20.9. The summed E-state index contributed by atoms with van der Waals surface area (Å²) in [7, 11) is 0. The van der Waals surface area contributed by atoms with Gasteiger partial charge in [0, 0.05) is 24.3 Å². The Morgan fingerprint density at radius 3 is 1.57 bits per heavy atom. The van der Waals surface area contributed by atoms with Crippen molar-refractivity contribution < 1.29 is 9.85 Å². The van der Waals surface area contributed by atoms with E-state index in [4.69, 9.17) is 0 Å². The molecule has 0 spiro atoms. The number of benzene rings is 2. The van der Waals surface area contributed by atoms with Gasteiger partial charge in [0.25, 0.3) is 11.4 Å². The number of non-ortho nitro benzene ring substituents is 2. The molecule has 1 aliphatic carbocycles. The second kappa shape index (κ2) is 4.97. The van der Waals surface area contributed by atoms with E-state index >= 15 is 0 Å². The van der Waals surface area contributed by atoms with Crippen molar-refractivity contribution in [2.24, 2.45) is 0 Å². The van der Waals surface area contributed by atoms with Crippen LogP contribution in [0.15, 0.2) is 36.4 Å². The maximum Gasteiger partial charge on any atom is 0.269 e. The fourth-order valence-corrected chi connectivity index (χ4v) is 2.80. The van der Waals surface area contributed by atoms with E-state index in [9.17, 15) is 20.2 Å². The largest absolute Gasteiger partial charge is 0.269 e. The van der Waals surface area contributed by atoms with Crippen LogP contribution in [0.2, 0.25) is 0 Å². The maximum atomic E-state index is 10.9. The summed E-state index contributed by atoms with van der Waals surface area (Å²) in [5.74, 6) is 0. The number of aryl methyl sites for hydroxylation is 2. The number of hydrogen-bond donors (Lipinski definition) is 0. The number of nitro groups is 2. The molecule has 0 heterocycles. The highest BCUT2D eigenvalue weighted by atomic mass is 16.6. The van der Waals surface area contributed by atoms with Crippen LogP contribution in [0.1, 0.15) is 17.5 Å². The molecule has 3 rings (SSSR count). The van der Waals surface area contributed by atoms with Gasteiger partial charge in [0.05, 0.1) is 9.85 Å². The Balaban J connectivity index is 2.15. The summed E-state index contributed by atoms with van der Waals surface area (Å²) in [6.07, 6.45) is 2.29. The molecule has 0 radical (unpaired) electrons. The van der Waals surface area contributed by atoms with Crippen molar-refractivity contribution in [1.29, 1.82) is 0 Å². The predicted octanol–water partition coefficient (Wildman–Crippen LogP) is 3.66. The molecule has 0 N–H and O–H groups in total. The smallest absolute Gasteiger partial charge is 0.258 e. The molecule has 6 heteroatoms. The van der Waals surface area contributed by atoms with Crippen LogP contribution in [0.4, 0.5) is 11.4 Å². The van der Waals surface area contributed by atoms with E-state index < -0.39 is 9.85 Å². The molecule has 0 saturated heterocycles. The molecule has 21 heavy (non-hydrogen) atoms. The average molecular weight is 284 g/mol. The second-order valence-electron chi connectivity index (χ2n) is 5.05. The lowest BCUT2D eigenvalue weighted by molar-refractivity contribution is -0.385. The van der Waals surface area contributed by atoms with Crippen molar-refractivity contribution in [2.45, 2.75) is 19.3 Å². The third-order valence-electron chi connectivity index (χ3n) is 3.78. The zero-order valence-electron chi connectivity index (χ0n) is 11.1. The van der Waals surface area contributed by atoms with Gasteiger partial charge in [-0.05, 0) is 53.6 Å². The molecule has 0 fully saturated rings.